The first kappa shape index (κ1) is 23.6. The van der Waals surface area contributed by atoms with E-state index in [1.807, 2.05) is 6.07 Å². The number of rotatable bonds is 7. The molecule has 0 bridgehead atoms. The van der Waals surface area contributed by atoms with Gasteiger partial charge in [0.05, 0.1) is 6.04 Å². The average Bonchev–Trinajstić information content (AvgIpc) is 3.14. The topological polar surface area (TPSA) is 170 Å². The zero-order valence-electron chi connectivity index (χ0n) is 15.4. The Kier molecular flexibility index (Phi) is 8.02. The smallest absolute Gasteiger partial charge is 0.731 e. The van der Waals surface area contributed by atoms with Crippen LogP contribution in [0.15, 0.2) is 35.5 Å². The molecule has 150 valence electrons. The van der Waals surface area contributed by atoms with Gasteiger partial charge in [0.1, 0.15) is 12.6 Å². The van der Waals surface area contributed by atoms with E-state index in [-0.39, 0.29) is 45.6 Å². The largest absolute Gasteiger partial charge is 1.00 e. The summed E-state index contributed by atoms with van der Waals surface area (Å²) in [4.78, 5) is 24.2. The third kappa shape index (κ3) is 5.67. The van der Waals surface area contributed by atoms with Crippen LogP contribution >= 0.6 is 11.8 Å². The monoisotopic (exact) mass is 450 g/mol. The summed E-state index contributed by atoms with van der Waals surface area (Å²) in [5, 5.41) is 14.9. The van der Waals surface area contributed by atoms with E-state index in [0.29, 0.717) is 0 Å². The maximum Gasteiger partial charge on any atom is 1.00 e. The van der Waals surface area contributed by atoms with Gasteiger partial charge in [0.15, 0.2) is 10.3 Å². The summed E-state index contributed by atoms with van der Waals surface area (Å²) >= 11 is 0.992. The Morgan fingerprint density at radius 2 is 2.10 bits per heavy atom. The summed E-state index contributed by atoms with van der Waals surface area (Å²) in [7, 11) is -5.05. The van der Waals surface area contributed by atoms with Crippen molar-refractivity contribution in [1.82, 2.24) is 30.2 Å². The quantitative estimate of drug-likeness (QED) is 0.188. The van der Waals surface area contributed by atoms with Gasteiger partial charge in [0.25, 0.3) is 5.91 Å². The number of ether oxygens (including phenoxy) is 1. The molecular formula is C14H15N6NaO6S2. The number of hydrogen-bond acceptors (Lipinski definition) is 10. The number of carbonyl (C=O) groups excluding carboxylic acids is 2. The van der Waals surface area contributed by atoms with Crippen molar-refractivity contribution in [3.63, 3.8) is 0 Å². The van der Waals surface area contributed by atoms with Crippen molar-refractivity contribution in [2.24, 2.45) is 0 Å². The first-order valence-electron chi connectivity index (χ1n) is 7.94. The van der Waals surface area contributed by atoms with Gasteiger partial charge in [-0.2, -0.15) is 5.21 Å². The van der Waals surface area contributed by atoms with Gasteiger partial charge < -0.3 is 14.6 Å². The number of tetrazole rings is 1. The molecule has 0 aliphatic carbocycles. The number of H-pyrrole nitrogens is 1. The van der Waals surface area contributed by atoms with Gasteiger partial charge in [0.2, 0.25) is 5.16 Å². The number of carbonyl (C=O) groups is 2. The van der Waals surface area contributed by atoms with E-state index in [1.54, 1.807) is 31.2 Å². The van der Waals surface area contributed by atoms with Crippen molar-refractivity contribution in [2.45, 2.75) is 36.0 Å². The van der Waals surface area contributed by atoms with Crippen LogP contribution in [0.3, 0.4) is 0 Å². The number of aromatic nitrogens is 4. The summed E-state index contributed by atoms with van der Waals surface area (Å²) in [5.41, 5.74) is 0.735. The fourth-order valence-corrected chi connectivity index (χ4v) is 4.63. The first-order valence-corrected chi connectivity index (χ1v) is 10.2. The minimum absolute atomic E-state index is 0. The second kappa shape index (κ2) is 9.86. The molecule has 2 N–H and O–H groups in total. The molecule has 15 heteroatoms. The minimum atomic E-state index is -5.05. The van der Waals surface area contributed by atoms with Crippen molar-refractivity contribution >= 4 is 34.1 Å². The van der Waals surface area contributed by atoms with Crippen LogP contribution in [-0.4, -0.2) is 67.2 Å². The Morgan fingerprint density at radius 1 is 1.41 bits per heavy atom. The van der Waals surface area contributed by atoms with Crippen molar-refractivity contribution in [2.75, 3.05) is 0 Å². The van der Waals surface area contributed by atoms with Crippen molar-refractivity contribution in [3.8, 4) is 0 Å². The van der Waals surface area contributed by atoms with Gasteiger partial charge in [-0.25, -0.2) is 17.5 Å². The van der Waals surface area contributed by atoms with Gasteiger partial charge in [-0.15, -0.1) is 10.2 Å². The Morgan fingerprint density at radius 3 is 2.69 bits per heavy atom. The zero-order valence-corrected chi connectivity index (χ0v) is 19.0. The van der Waals surface area contributed by atoms with Crippen LogP contribution in [0.25, 0.3) is 0 Å². The van der Waals surface area contributed by atoms with Gasteiger partial charge in [-0.3, -0.25) is 4.79 Å². The maximum absolute atomic E-state index is 12.2. The minimum Gasteiger partial charge on any atom is -0.731 e. The number of nitrogens with zero attached hydrogens (tertiary/aromatic N) is 4. The zero-order chi connectivity index (χ0) is 20.3. The van der Waals surface area contributed by atoms with Crippen LogP contribution in [0, 0.1) is 0 Å². The van der Waals surface area contributed by atoms with Crippen molar-refractivity contribution in [3.05, 3.63) is 35.9 Å². The molecule has 1 aromatic heterocycles. The molecule has 0 radical (unpaired) electrons. The first-order chi connectivity index (χ1) is 13.3. The summed E-state index contributed by atoms with van der Waals surface area (Å²) in [6.07, 6.45) is -0.910. The number of benzene rings is 1. The van der Waals surface area contributed by atoms with Gasteiger partial charge >= 0.3 is 35.7 Å². The summed E-state index contributed by atoms with van der Waals surface area (Å²) in [5.74, 6) is -1.03. The molecule has 12 nitrogen and oxygen atoms in total. The molecule has 3 rings (SSSR count). The van der Waals surface area contributed by atoms with Crippen LogP contribution in [0.1, 0.15) is 12.5 Å². The Balaban J connectivity index is 0.00000300. The van der Waals surface area contributed by atoms with Crippen LogP contribution < -0.4 is 34.9 Å². The number of aromatic amines is 1. The third-order valence-electron chi connectivity index (χ3n) is 3.92. The van der Waals surface area contributed by atoms with Crippen LogP contribution in [0.5, 0.6) is 0 Å². The SMILES string of the molecule is CC(Sc1nn[nH]n1)[C@H]1[C@@H](NC(=O)OCc2ccccc2)C(=O)N1S(=O)(=O)[O-].[Na+]. The molecule has 2 aromatic rings. The van der Waals surface area contributed by atoms with Crippen molar-refractivity contribution < 1.29 is 56.9 Å². The second-order valence-corrected chi connectivity index (χ2v) is 8.38. The fourth-order valence-electron chi connectivity index (χ4n) is 2.68. The molecule has 1 aromatic carbocycles. The molecule has 1 fully saturated rings. The molecule has 1 saturated heterocycles. The van der Waals surface area contributed by atoms with Crippen molar-refractivity contribution in [1.29, 1.82) is 0 Å². The van der Waals surface area contributed by atoms with E-state index in [1.165, 1.54) is 0 Å². The standard InChI is InChI=1S/C14H16N6O6S2.Na/c1-8(27-13-16-18-19-17-13)11-10(12(21)20(11)28(23,24)25)15-14(22)26-7-9-5-3-2-4-6-9;/h2-6,8,10-11H,7H2,1H3,(H,15,22)(H,23,24,25)(H,16,17,18,19);/q;+1/p-1/t8?,10-,11+;/m1./s1. The Labute approximate surface area is 192 Å². The maximum atomic E-state index is 12.2. The van der Waals surface area contributed by atoms with Gasteiger partial charge in [0, 0.05) is 5.25 Å². The Bertz CT molecular complexity index is 945. The molecule has 1 unspecified atom stereocenters. The number of nitrogens with one attached hydrogen (secondary N) is 2. The molecule has 3 atom stereocenters. The van der Waals surface area contributed by atoms with E-state index in [9.17, 15) is 22.6 Å². The van der Waals surface area contributed by atoms with E-state index in [0.717, 1.165) is 17.3 Å². The number of hydrogen-bond donors (Lipinski definition) is 2. The Hall–Kier alpha value is -1.71. The predicted octanol–water partition coefficient (Wildman–Crippen LogP) is -3.35. The second-order valence-electron chi connectivity index (χ2n) is 5.78. The summed E-state index contributed by atoms with van der Waals surface area (Å²) < 4.78 is 39.5. The molecule has 2 heterocycles. The van der Waals surface area contributed by atoms with Gasteiger partial charge in [-0.05, 0) is 10.8 Å². The molecule has 0 saturated carbocycles. The third-order valence-corrected chi connectivity index (χ3v) is 5.86. The van der Waals surface area contributed by atoms with E-state index >= 15 is 0 Å². The van der Waals surface area contributed by atoms with E-state index in [4.69, 9.17) is 4.74 Å². The van der Waals surface area contributed by atoms with Gasteiger partial charge in [-0.1, -0.05) is 49.0 Å². The molecule has 0 spiro atoms. The van der Waals surface area contributed by atoms with Crippen LogP contribution in [0.2, 0.25) is 0 Å². The number of β-lactam (4-membered cyclic amide) rings is 1. The summed E-state index contributed by atoms with van der Waals surface area (Å²) in [6.45, 7) is 1.54. The molecular weight excluding hydrogens is 435 g/mol. The molecule has 2 amide bonds. The van der Waals surface area contributed by atoms with Crippen LogP contribution in [-0.2, 0) is 26.4 Å². The van der Waals surface area contributed by atoms with E-state index < -0.39 is 39.6 Å². The molecule has 1 aliphatic rings. The summed E-state index contributed by atoms with van der Waals surface area (Å²) in [6, 6.07) is 6.50. The van der Waals surface area contributed by atoms with E-state index in [2.05, 4.69) is 25.9 Å². The number of amides is 2. The molecule has 29 heavy (non-hydrogen) atoms. The molecule has 1 aliphatic heterocycles. The fraction of sp³-hybridized carbons (Fsp3) is 0.357. The average molecular weight is 450 g/mol. The van der Waals surface area contributed by atoms with Crippen LogP contribution in [0.4, 0.5) is 4.79 Å². The normalized spacial score (nSPS) is 19.7. The predicted molar refractivity (Wildman–Crippen MR) is 93.4 cm³/mol. The number of alkyl carbamates (subject to hydrolysis) is 1. The number of thioether (sulfide) groups is 1.